The summed E-state index contributed by atoms with van der Waals surface area (Å²) >= 11 is 0. The van der Waals surface area contributed by atoms with Gasteiger partial charge in [-0.25, -0.2) is 13.6 Å². The van der Waals surface area contributed by atoms with Gasteiger partial charge in [0.15, 0.2) is 16.9 Å². The van der Waals surface area contributed by atoms with Crippen LogP contribution in [0.15, 0.2) is 21.9 Å². The first-order valence-electron chi connectivity index (χ1n) is 5.99. The van der Waals surface area contributed by atoms with E-state index in [1.165, 1.54) is 0 Å². The van der Waals surface area contributed by atoms with Gasteiger partial charge in [-0.2, -0.15) is 0 Å². The van der Waals surface area contributed by atoms with Crippen molar-refractivity contribution in [1.82, 2.24) is 9.55 Å². The molecule has 0 aromatic carbocycles. The van der Waals surface area contributed by atoms with Crippen LogP contribution in [0.25, 0.3) is 0 Å². The van der Waals surface area contributed by atoms with Crippen LogP contribution in [0.2, 0.25) is 0 Å². The number of aliphatic hydroxyl groups excluding tert-OH is 1. The van der Waals surface area contributed by atoms with Gasteiger partial charge in [-0.1, -0.05) is 0 Å². The number of fused-ring (bicyclic) bond motifs is 3. The molecule has 2 saturated carbocycles. The van der Waals surface area contributed by atoms with Crippen LogP contribution < -0.4 is 11.2 Å². The lowest BCUT2D eigenvalue weighted by molar-refractivity contribution is -0.0358. The summed E-state index contributed by atoms with van der Waals surface area (Å²) in [5.41, 5.74) is -8.24. The smallest absolute Gasteiger partial charge is 0.328 e. The molecule has 0 amide bonds. The highest BCUT2D eigenvalue weighted by molar-refractivity contribution is 5.50. The second kappa shape index (κ2) is 3.02. The van der Waals surface area contributed by atoms with E-state index in [4.69, 9.17) is 4.74 Å². The maximum atomic E-state index is 14.9. The monoisotopic (exact) mass is 288 g/mol. The number of H-pyrrole nitrogens is 1. The molecule has 108 valence electrons. The van der Waals surface area contributed by atoms with E-state index in [-0.39, 0.29) is 0 Å². The largest absolute Gasteiger partial charge is 0.387 e. The highest BCUT2D eigenvalue weighted by Gasteiger charge is 3.02. The minimum absolute atomic E-state index is 0.644. The summed E-state index contributed by atoms with van der Waals surface area (Å²) in [6, 6.07) is -0.178. The number of rotatable bonds is 2. The Bertz CT molecular complexity index is 734. The van der Waals surface area contributed by atoms with Gasteiger partial charge in [0.05, 0.1) is 0 Å². The van der Waals surface area contributed by atoms with Crippen molar-refractivity contribution < 1.29 is 23.7 Å². The number of hydrogen-bond acceptors (Lipinski definition) is 5. The molecule has 3 aliphatic rings. The average Bonchev–Trinajstić information content (AvgIpc) is 3.12. The SMILES string of the molecule is O=c1ccn(C2C3OC4(CF)C(O)C4(O)C32F)c(=O)[nH]1. The first-order chi connectivity index (χ1) is 9.34. The number of aliphatic hydroxyl groups is 2. The summed E-state index contributed by atoms with van der Waals surface area (Å²) < 4.78 is 33.8. The summed E-state index contributed by atoms with van der Waals surface area (Å²) in [5, 5.41) is 19.8. The lowest BCUT2D eigenvalue weighted by Crippen LogP contribution is -2.39. The molecular weight excluding hydrogens is 278 g/mol. The standard InChI is InChI=1S/C11H10F2N2O5/c12-3-9-7(17)11(9,19)10(13)5(6(10)20-9)15-2-1-4(16)14-8(15)18/h1-2,5-7,17,19H,3H2,(H,14,16,18). The van der Waals surface area contributed by atoms with E-state index in [0.29, 0.717) is 0 Å². The Kier molecular flexibility index (Phi) is 1.84. The number of aromatic nitrogens is 2. The molecule has 6 unspecified atom stereocenters. The van der Waals surface area contributed by atoms with Gasteiger partial charge in [0, 0.05) is 12.3 Å². The Morgan fingerprint density at radius 2 is 2.20 bits per heavy atom. The van der Waals surface area contributed by atoms with Gasteiger partial charge in [-0.05, 0) is 0 Å². The normalized spacial score (nSPS) is 51.5. The molecule has 1 saturated heterocycles. The van der Waals surface area contributed by atoms with Gasteiger partial charge in [0.2, 0.25) is 0 Å². The summed E-state index contributed by atoms with van der Waals surface area (Å²) in [5.74, 6) is 0. The molecule has 7 nitrogen and oxygen atoms in total. The van der Waals surface area contributed by atoms with Gasteiger partial charge < -0.3 is 14.9 Å². The van der Waals surface area contributed by atoms with Crippen molar-refractivity contribution in [2.24, 2.45) is 0 Å². The molecule has 9 heteroatoms. The van der Waals surface area contributed by atoms with Crippen LogP contribution in [-0.2, 0) is 4.74 Å². The Morgan fingerprint density at radius 1 is 1.50 bits per heavy atom. The van der Waals surface area contributed by atoms with Crippen molar-refractivity contribution in [2.75, 3.05) is 6.67 Å². The Morgan fingerprint density at radius 3 is 2.75 bits per heavy atom. The Balaban J connectivity index is 1.78. The zero-order valence-electron chi connectivity index (χ0n) is 9.92. The predicted octanol–water partition coefficient (Wildman–Crippen LogP) is -1.99. The van der Waals surface area contributed by atoms with E-state index in [9.17, 15) is 28.6 Å². The number of ether oxygens (including phenoxy) is 1. The molecule has 4 rings (SSSR count). The van der Waals surface area contributed by atoms with Crippen molar-refractivity contribution >= 4 is 0 Å². The topological polar surface area (TPSA) is 105 Å². The van der Waals surface area contributed by atoms with Crippen LogP contribution in [0.1, 0.15) is 6.04 Å². The van der Waals surface area contributed by atoms with E-state index in [0.717, 1.165) is 16.8 Å². The predicted molar refractivity (Wildman–Crippen MR) is 58.7 cm³/mol. The molecule has 0 bridgehead atoms. The van der Waals surface area contributed by atoms with E-state index in [1.807, 2.05) is 4.98 Å². The first kappa shape index (κ1) is 12.2. The minimum atomic E-state index is -2.44. The quantitative estimate of drug-likeness (QED) is 0.584. The van der Waals surface area contributed by atoms with Gasteiger partial charge in [-0.3, -0.25) is 14.3 Å². The molecule has 3 N–H and O–H groups in total. The van der Waals surface area contributed by atoms with E-state index >= 15 is 0 Å². The number of aromatic amines is 1. The zero-order chi connectivity index (χ0) is 14.5. The fourth-order valence-electron chi connectivity index (χ4n) is 3.49. The number of alkyl halides is 2. The van der Waals surface area contributed by atoms with Crippen molar-refractivity contribution in [2.45, 2.75) is 35.1 Å². The van der Waals surface area contributed by atoms with Crippen LogP contribution in [0.5, 0.6) is 0 Å². The molecule has 2 aliphatic carbocycles. The summed E-state index contributed by atoms with van der Waals surface area (Å²) in [7, 11) is 0. The lowest BCUT2D eigenvalue weighted by Gasteiger charge is -2.17. The van der Waals surface area contributed by atoms with E-state index in [2.05, 4.69) is 0 Å². The number of hydrogen-bond donors (Lipinski definition) is 3. The number of halogens is 2. The molecule has 0 radical (unpaired) electrons. The molecule has 1 aliphatic heterocycles. The van der Waals surface area contributed by atoms with Crippen LogP contribution in [0.4, 0.5) is 8.78 Å². The molecule has 2 heterocycles. The van der Waals surface area contributed by atoms with Crippen molar-refractivity contribution in [3.8, 4) is 0 Å². The third-order valence-electron chi connectivity index (χ3n) is 4.69. The van der Waals surface area contributed by atoms with Gasteiger partial charge in [-0.15, -0.1) is 0 Å². The third-order valence-corrected chi connectivity index (χ3v) is 4.69. The molecule has 1 aromatic rings. The molecule has 0 spiro atoms. The number of nitrogens with one attached hydrogen (secondary N) is 1. The Labute approximate surface area is 109 Å². The first-order valence-corrected chi connectivity index (χ1v) is 5.99. The second-order valence-electron chi connectivity index (χ2n) is 5.46. The van der Waals surface area contributed by atoms with Crippen LogP contribution in [0.3, 0.4) is 0 Å². The molecule has 20 heavy (non-hydrogen) atoms. The van der Waals surface area contributed by atoms with Crippen LogP contribution >= 0.6 is 0 Å². The highest BCUT2D eigenvalue weighted by Crippen LogP contribution is 2.78. The molecule has 1 aromatic heterocycles. The Hall–Kier alpha value is -1.58. The van der Waals surface area contributed by atoms with Gasteiger partial charge >= 0.3 is 5.69 Å². The maximum absolute atomic E-state index is 14.9. The van der Waals surface area contributed by atoms with Crippen molar-refractivity contribution in [1.29, 1.82) is 0 Å². The summed E-state index contributed by atoms with van der Waals surface area (Å²) in [6.07, 6.45) is -1.83. The minimum Gasteiger partial charge on any atom is -0.387 e. The fraction of sp³-hybridized carbons (Fsp3) is 0.636. The van der Waals surface area contributed by atoms with Crippen molar-refractivity contribution in [3.63, 3.8) is 0 Å². The average molecular weight is 288 g/mol. The number of nitrogens with zero attached hydrogens (tertiary/aromatic N) is 1. The molecule has 3 fully saturated rings. The molecule has 6 atom stereocenters. The van der Waals surface area contributed by atoms with Crippen LogP contribution in [-0.4, -0.2) is 55.5 Å². The lowest BCUT2D eigenvalue weighted by atomic mass is 10.1. The van der Waals surface area contributed by atoms with E-state index < -0.39 is 53.0 Å². The molecular formula is C11H10F2N2O5. The van der Waals surface area contributed by atoms with E-state index in [1.54, 1.807) is 0 Å². The third kappa shape index (κ3) is 0.912. The zero-order valence-corrected chi connectivity index (χ0v) is 9.92. The highest BCUT2D eigenvalue weighted by atomic mass is 19.1. The van der Waals surface area contributed by atoms with Gasteiger partial charge in [0.25, 0.3) is 5.56 Å². The summed E-state index contributed by atoms with van der Waals surface area (Å²) in [4.78, 5) is 24.5. The van der Waals surface area contributed by atoms with Crippen molar-refractivity contribution in [3.05, 3.63) is 33.1 Å². The van der Waals surface area contributed by atoms with Gasteiger partial charge in [0.1, 0.15) is 24.9 Å². The van der Waals surface area contributed by atoms with Crippen LogP contribution in [0, 0.1) is 0 Å². The summed E-state index contributed by atoms with van der Waals surface area (Å²) in [6.45, 7) is -1.22. The maximum Gasteiger partial charge on any atom is 0.328 e. The fourth-order valence-corrected chi connectivity index (χ4v) is 3.49. The second-order valence-corrected chi connectivity index (χ2v) is 5.46.